The lowest BCUT2D eigenvalue weighted by molar-refractivity contribution is -0.804. The number of rotatable bonds is 0. The lowest BCUT2D eigenvalue weighted by Gasteiger charge is -2.27. The van der Waals surface area contributed by atoms with Crippen molar-refractivity contribution < 1.29 is 8.74 Å². The summed E-state index contributed by atoms with van der Waals surface area (Å²) >= 11 is 5.93. The zero-order chi connectivity index (χ0) is 6.04. The number of nitrogens with zero attached hydrogens (tertiary/aromatic N) is 1. The van der Waals surface area contributed by atoms with Crippen LogP contribution in [0.3, 0.4) is 0 Å². The first kappa shape index (κ1) is 6.33. The van der Waals surface area contributed by atoms with E-state index in [1.807, 2.05) is 7.05 Å². The van der Waals surface area contributed by atoms with Gasteiger partial charge in [0.15, 0.2) is 11.8 Å². The van der Waals surface area contributed by atoms with E-state index >= 15 is 0 Å². The van der Waals surface area contributed by atoms with Crippen LogP contribution in [0.15, 0.2) is 0 Å². The number of hydrogen-bond donors (Lipinski definition) is 0. The maximum Gasteiger partial charge on any atom is 0.165 e. The van der Waals surface area contributed by atoms with Crippen molar-refractivity contribution in [3.8, 4) is 0 Å². The van der Waals surface area contributed by atoms with Crippen molar-refractivity contribution in [2.75, 3.05) is 33.4 Å². The molecule has 8 heavy (non-hydrogen) atoms. The molecule has 3 heteroatoms. The minimum absolute atomic E-state index is 0.597. The molecule has 0 saturated carbocycles. The van der Waals surface area contributed by atoms with Crippen molar-refractivity contribution in [3.63, 3.8) is 0 Å². The molecule has 0 unspecified atom stereocenters. The van der Waals surface area contributed by atoms with Crippen LogP contribution in [-0.2, 0) is 4.74 Å². The predicted octanol–water partition coefficient (Wildman–Crippen LogP) is 0.617. The van der Waals surface area contributed by atoms with Crippen LogP contribution >= 0.6 is 11.8 Å². The molecule has 0 aromatic carbocycles. The van der Waals surface area contributed by atoms with Gasteiger partial charge in [0.25, 0.3) is 0 Å². The summed E-state index contributed by atoms with van der Waals surface area (Å²) in [7, 11) is 2.00. The Hall–Kier alpha value is 0.210. The fourth-order valence-electron chi connectivity index (χ4n) is 0.724. The zero-order valence-corrected chi connectivity index (χ0v) is 5.82. The Balaban J connectivity index is 2.33. The monoisotopic (exact) mass is 136 g/mol. The smallest absolute Gasteiger partial charge is 0.165 e. The third kappa shape index (κ3) is 1.62. The minimum atomic E-state index is 0.597. The van der Waals surface area contributed by atoms with E-state index in [-0.39, 0.29) is 0 Å². The average Bonchev–Trinajstić information content (AvgIpc) is 1.65. The Bertz CT molecular complexity index is 76.5. The Morgan fingerprint density at radius 3 is 2.12 bits per heavy atom. The van der Waals surface area contributed by atoms with E-state index in [0.717, 1.165) is 26.3 Å². The molecule has 1 heterocycles. The molecule has 0 amide bonds. The van der Waals surface area contributed by atoms with Crippen LogP contribution < -0.4 is 0 Å². The van der Waals surface area contributed by atoms with Crippen molar-refractivity contribution in [1.82, 2.24) is 0 Å². The minimum Gasteiger partial charge on any atom is -0.370 e. The quantitative estimate of drug-likeness (QED) is 0.444. The molecule has 48 valence electrons. The fourth-order valence-corrected chi connectivity index (χ4v) is 0.862. The molecular weight excluding hydrogens is 126 g/mol. The SMILES string of the molecule is C[N+]1(Cl)CCOCC1. The van der Waals surface area contributed by atoms with Gasteiger partial charge in [0.05, 0.1) is 20.3 Å². The largest absolute Gasteiger partial charge is 0.370 e. The zero-order valence-electron chi connectivity index (χ0n) is 5.06. The Kier molecular flexibility index (Phi) is 1.75. The molecular formula is C5H11ClNO+. The predicted molar refractivity (Wildman–Crippen MR) is 32.6 cm³/mol. The average molecular weight is 137 g/mol. The maximum atomic E-state index is 5.93. The van der Waals surface area contributed by atoms with Crippen molar-refractivity contribution >= 4 is 11.8 Å². The van der Waals surface area contributed by atoms with E-state index < -0.39 is 0 Å². The van der Waals surface area contributed by atoms with E-state index in [1.54, 1.807) is 0 Å². The third-order valence-corrected chi connectivity index (χ3v) is 1.74. The summed E-state index contributed by atoms with van der Waals surface area (Å²) in [4.78, 5) is 0. The van der Waals surface area contributed by atoms with Crippen molar-refractivity contribution in [2.24, 2.45) is 0 Å². The van der Waals surface area contributed by atoms with Gasteiger partial charge in [0.1, 0.15) is 13.1 Å². The number of hydrogen-bond acceptors (Lipinski definition) is 1. The molecule has 0 radical (unpaired) electrons. The Morgan fingerprint density at radius 2 is 1.88 bits per heavy atom. The van der Waals surface area contributed by atoms with E-state index in [1.165, 1.54) is 0 Å². The molecule has 0 aromatic heterocycles. The summed E-state index contributed by atoms with van der Waals surface area (Å²) in [5.74, 6) is 0. The summed E-state index contributed by atoms with van der Waals surface area (Å²) in [5, 5.41) is 0. The van der Waals surface area contributed by atoms with Crippen LogP contribution in [0, 0.1) is 0 Å². The molecule has 0 atom stereocenters. The summed E-state index contributed by atoms with van der Waals surface area (Å²) in [6.07, 6.45) is 0. The van der Waals surface area contributed by atoms with Gasteiger partial charge in [-0.05, 0) is 0 Å². The van der Waals surface area contributed by atoms with E-state index in [2.05, 4.69) is 0 Å². The Morgan fingerprint density at radius 1 is 1.38 bits per heavy atom. The first-order valence-electron chi connectivity index (χ1n) is 2.83. The van der Waals surface area contributed by atoms with Crippen molar-refractivity contribution in [3.05, 3.63) is 0 Å². The first-order valence-corrected chi connectivity index (χ1v) is 3.16. The highest BCUT2D eigenvalue weighted by Gasteiger charge is 2.22. The van der Waals surface area contributed by atoms with Gasteiger partial charge in [-0.15, -0.1) is 0 Å². The lowest BCUT2D eigenvalue weighted by atomic mass is 10.5. The second-order valence-corrected chi connectivity index (χ2v) is 3.14. The second-order valence-electron chi connectivity index (χ2n) is 2.32. The number of morpholine rings is 1. The van der Waals surface area contributed by atoms with Crippen LogP contribution in [0.25, 0.3) is 0 Å². The highest BCUT2D eigenvalue weighted by Crippen LogP contribution is 2.09. The van der Waals surface area contributed by atoms with Gasteiger partial charge in [-0.3, -0.25) is 0 Å². The summed E-state index contributed by atoms with van der Waals surface area (Å²) in [6.45, 7) is 3.48. The highest BCUT2D eigenvalue weighted by molar-refractivity contribution is 6.06. The topological polar surface area (TPSA) is 9.23 Å². The summed E-state index contributed by atoms with van der Waals surface area (Å²) in [6, 6.07) is 0. The van der Waals surface area contributed by atoms with Gasteiger partial charge in [-0.25, -0.2) is 4.00 Å². The van der Waals surface area contributed by atoms with Gasteiger partial charge in [0, 0.05) is 0 Å². The normalized spacial score (nSPS) is 27.8. The molecule has 1 aliphatic rings. The first-order chi connectivity index (χ1) is 3.71. The van der Waals surface area contributed by atoms with E-state index in [9.17, 15) is 0 Å². The third-order valence-electron chi connectivity index (χ3n) is 1.40. The van der Waals surface area contributed by atoms with Crippen LogP contribution in [-0.4, -0.2) is 37.4 Å². The molecule has 0 aliphatic carbocycles. The van der Waals surface area contributed by atoms with Gasteiger partial charge >= 0.3 is 0 Å². The van der Waals surface area contributed by atoms with Gasteiger partial charge in [-0.2, -0.15) is 0 Å². The number of quaternary nitrogens is 1. The number of ether oxygens (including phenoxy) is 1. The molecule has 1 aliphatic heterocycles. The van der Waals surface area contributed by atoms with Gasteiger partial charge < -0.3 is 4.74 Å². The Labute approximate surface area is 54.7 Å². The van der Waals surface area contributed by atoms with E-state index in [4.69, 9.17) is 16.5 Å². The van der Waals surface area contributed by atoms with Gasteiger partial charge in [-0.1, -0.05) is 0 Å². The van der Waals surface area contributed by atoms with E-state index in [0.29, 0.717) is 4.00 Å². The molecule has 0 spiro atoms. The summed E-state index contributed by atoms with van der Waals surface area (Å²) < 4.78 is 5.70. The summed E-state index contributed by atoms with van der Waals surface area (Å²) in [5.41, 5.74) is 0. The second kappa shape index (κ2) is 2.21. The molecule has 0 aromatic rings. The van der Waals surface area contributed by atoms with Crippen molar-refractivity contribution in [2.45, 2.75) is 0 Å². The number of likely N-dealkylation sites (N-methyl/N-ethyl adjacent to an activating group) is 1. The molecule has 1 rings (SSSR count). The van der Waals surface area contributed by atoms with Crippen LogP contribution in [0.4, 0.5) is 0 Å². The highest BCUT2D eigenvalue weighted by atomic mass is 35.5. The van der Waals surface area contributed by atoms with Crippen LogP contribution in [0.1, 0.15) is 0 Å². The van der Waals surface area contributed by atoms with Crippen molar-refractivity contribution in [1.29, 1.82) is 0 Å². The lowest BCUT2D eigenvalue weighted by Crippen LogP contribution is -2.43. The molecule has 0 bridgehead atoms. The maximum absolute atomic E-state index is 5.93. The molecule has 2 nitrogen and oxygen atoms in total. The molecule has 1 saturated heterocycles. The van der Waals surface area contributed by atoms with Crippen LogP contribution in [0.5, 0.6) is 0 Å². The number of halogens is 1. The fraction of sp³-hybridized carbons (Fsp3) is 1.00. The molecule has 1 fully saturated rings. The molecule has 0 N–H and O–H groups in total. The van der Waals surface area contributed by atoms with Crippen LogP contribution in [0.2, 0.25) is 0 Å². The standard InChI is InChI=1S/C5H11ClNO/c1-7(6)2-4-8-5-3-7/h2-5H2,1H3/q+1. The van der Waals surface area contributed by atoms with Gasteiger partial charge in [0.2, 0.25) is 0 Å².